The third-order valence-electron chi connectivity index (χ3n) is 3.61. The molecule has 1 aliphatic heterocycles. The van der Waals surface area contributed by atoms with E-state index in [0.717, 1.165) is 25.1 Å². The van der Waals surface area contributed by atoms with Crippen LogP contribution in [-0.4, -0.2) is 16.4 Å². The fourth-order valence-electron chi connectivity index (χ4n) is 2.62. The van der Waals surface area contributed by atoms with Crippen molar-refractivity contribution in [2.45, 2.75) is 25.9 Å². The van der Waals surface area contributed by atoms with Gasteiger partial charge in [0.05, 0.1) is 0 Å². The summed E-state index contributed by atoms with van der Waals surface area (Å²) < 4.78 is 0. The van der Waals surface area contributed by atoms with Crippen LogP contribution >= 0.6 is 34.5 Å². The molecule has 100 valence electrons. The molecule has 0 saturated carbocycles. The molecule has 0 spiro atoms. The maximum atomic E-state index is 5.96. The highest BCUT2D eigenvalue weighted by Gasteiger charge is 2.24. The van der Waals surface area contributed by atoms with E-state index in [0.29, 0.717) is 16.3 Å². The van der Waals surface area contributed by atoms with Crippen LogP contribution in [0.4, 0.5) is 0 Å². The van der Waals surface area contributed by atoms with Gasteiger partial charge in [0.25, 0.3) is 0 Å². The Kier molecular flexibility index (Phi) is 3.81. The van der Waals surface area contributed by atoms with E-state index in [9.17, 15) is 0 Å². The second kappa shape index (κ2) is 5.41. The number of thiophene rings is 1. The van der Waals surface area contributed by atoms with Crippen LogP contribution in [-0.2, 0) is 13.0 Å². The maximum Gasteiger partial charge on any atom is 0.131 e. The molecule has 3 rings (SSSR count). The molecular weight excluding hydrogens is 299 g/mol. The van der Waals surface area contributed by atoms with Crippen molar-refractivity contribution >= 4 is 34.5 Å². The third kappa shape index (κ3) is 2.79. The molecule has 3 heterocycles. The van der Waals surface area contributed by atoms with Gasteiger partial charge in [-0.15, -0.1) is 11.3 Å². The van der Waals surface area contributed by atoms with Crippen molar-refractivity contribution in [3.63, 3.8) is 0 Å². The van der Waals surface area contributed by atoms with Gasteiger partial charge in [-0.2, -0.15) is 0 Å². The lowest BCUT2D eigenvalue weighted by atomic mass is 10.0. The fourth-order valence-corrected chi connectivity index (χ4v) is 4.09. The van der Waals surface area contributed by atoms with Crippen LogP contribution in [0.25, 0.3) is 0 Å². The number of fused-ring (bicyclic) bond motifs is 1. The lowest BCUT2D eigenvalue weighted by Crippen LogP contribution is -2.32. The molecule has 1 aliphatic rings. The minimum absolute atomic E-state index is 0.445. The van der Waals surface area contributed by atoms with Crippen LogP contribution in [0.2, 0.25) is 10.3 Å². The molecule has 0 radical (unpaired) electrons. The summed E-state index contributed by atoms with van der Waals surface area (Å²) in [6.45, 7) is 4.19. The van der Waals surface area contributed by atoms with Gasteiger partial charge in [0.2, 0.25) is 0 Å². The van der Waals surface area contributed by atoms with E-state index in [1.807, 2.05) is 23.5 Å². The number of aromatic nitrogens is 1. The van der Waals surface area contributed by atoms with Gasteiger partial charge in [-0.3, -0.25) is 4.90 Å². The lowest BCUT2D eigenvalue weighted by molar-refractivity contribution is 0.191. The first-order valence-electron chi connectivity index (χ1n) is 6.26. The van der Waals surface area contributed by atoms with E-state index in [2.05, 4.69) is 28.3 Å². The van der Waals surface area contributed by atoms with Crippen molar-refractivity contribution in [3.8, 4) is 0 Å². The average molecular weight is 313 g/mol. The van der Waals surface area contributed by atoms with Gasteiger partial charge in [0, 0.05) is 24.0 Å². The zero-order chi connectivity index (χ0) is 13.4. The van der Waals surface area contributed by atoms with Crippen LogP contribution in [0.3, 0.4) is 0 Å². The summed E-state index contributed by atoms with van der Waals surface area (Å²) in [6.07, 6.45) is 1.13. The molecule has 0 N–H and O–H groups in total. The van der Waals surface area contributed by atoms with Gasteiger partial charge in [-0.25, -0.2) is 4.98 Å². The summed E-state index contributed by atoms with van der Waals surface area (Å²) in [5.74, 6) is 0. The quantitative estimate of drug-likeness (QED) is 0.755. The topological polar surface area (TPSA) is 16.1 Å². The predicted molar refractivity (Wildman–Crippen MR) is 81.1 cm³/mol. The molecule has 0 aliphatic carbocycles. The summed E-state index contributed by atoms with van der Waals surface area (Å²) in [5, 5.41) is 3.11. The van der Waals surface area contributed by atoms with Gasteiger partial charge in [-0.05, 0) is 48.1 Å². The van der Waals surface area contributed by atoms with E-state index in [1.54, 1.807) is 0 Å². The van der Waals surface area contributed by atoms with Crippen molar-refractivity contribution in [2.24, 2.45) is 0 Å². The molecule has 1 atom stereocenters. The van der Waals surface area contributed by atoms with E-state index in [4.69, 9.17) is 23.2 Å². The Bertz CT molecular complexity index is 577. The highest BCUT2D eigenvalue weighted by molar-refractivity contribution is 7.10. The van der Waals surface area contributed by atoms with E-state index in [1.165, 1.54) is 10.4 Å². The van der Waals surface area contributed by atoms with Crippen molar-refractivity contribution in [3.05, 3.63) is 49.9 Å². The second-order valence-corrected chi connectivity index (χ2v) is 6.59. The standard InChI is InChI=1S/C14H14Cl2N2S/c1-9-11-3-5-19-12(11)2-4-18(9)8-10-6-13(15)17-14(16)7-10/h3,5-7,9H,2,4,8H2,1H3. The van der Waals surface area contributed by atoms with E-state index >= 15 is 0 Å². The Labute approximate surface area is 127 Å². The molecular formula is C14H14Cl2N2S. The van der Waals surface area contributed by atoms with Crippen molar-refractivity contribution in [1.29, 1.82) is 0 Å². The zero-order valence-electron chi connectivity index (χ0n) is 10.6. The molecule has 2 aromatic heterocycles. The molecule has 2 nitrogen and oxygen atoms in total. The number of rotatable bonds is 2. The Balaban J connectivity index is 1.81. The van der Waals surface area contributed by atoms with Crippen LogP contribution < -0.4 is 0 Å². The van der Waals surface area contributed by atoms with Crippen molar-refractivity contribution in [1.82, 2.24) is 9.88 Å². The highest BCUT2D eigenvalue weighted by Crippen LogP contribution is 2.33. The normalized spacial score (nSPS) is 19.4. The molecule has 0 saturated heterocycles. The maximum absolute atomic E-state index is 5.96. The minimum atomic E-state index is 0.445. The third-order valence-corrected chi connectivity index (χ3v) is 5.00. The molecule has 0 amide bonds. The number of nitrogens with zero attached hydrogens (tertiary/aromatic N) is 2. The Morgan fingerprint density at radius 1 is 1.37 bits per heavy atom. The molecule has 0 aromatic carbocycles. The second-order valence-electron chi connectivity index (χ2n) is 4.82. The SMILES string of the molecule is CC1c2ccsc2CCN1Cc1cc(Cl)nc(Cl)c1. The van der Waals surface area contributed by atoms with Crippen molar-refractivity contribution in [2.75, 3.05) is 6.54 Å². The Morgan fingerprint density at radius 2 is 2.11 bits per heavy atom. The van der Waals surface area contributed by atoms with E-state index in [-0.39, 0.29) is 0 Å². The fraction of sp³-hybridized carbons (Fsp3) is 0.357. The first-order chi connectivity index (χ1) is 9.13. The van der Waals surface area contributed by atoms with E-state index < -0.39 is 0 Å². The highest BCUT2D eigenvalue weighted by atomic mass is 35.5. The van der Waals surface area contributed by atoms with Gasteiger partial charge < -0.3 is 0 Å². The lowest BCUT2D eigenvalue weighted by Gasteiger charge is -2.33. The summed E-state index contributed by atoms with van der Waals surface area (Å²) in [6, 6.07) is 6.47. The molecule has 0 fully saturated rings. The van der Waals surface area contributed by atoms with Crippen LogP contribution in [0.15, 0.2) is 23.6 Å². The minimum Gasteiger partial charge on any atom is -0.292 e. The van der Waals surface area contributed by atoms with Crippen LogP contribution in [0.1, 0.15) is 29.0 Å². The first kappa shape index (κ1) is 13.4. The molecule has 19 heavy (non-hydrogen) atoms. The average Bonchev–Trinajstić information content (AvgIpc) is 2.80. The van der Waals surface area contributed by atoms with Gasteiger partial charge in [-0.1, -0.05) is 23.2 Å². The van der Waals surface area contributed by atoms with Gasteiger partial charge >= 0.3 is 0 Å². The van der Waals surface area contributed by atoms with Crippen molar-refractivity contribution < 1.29 is 0 Å². The number of pyridine rings is 1. The van der Waals surface area contributed by atoms with Crippen LogP contribution in [0.5, 0.6) is 0 Å². The Hall–Kier alpha value is -0.610. The smallest absolute Gasteiger partial charge is 0.131 e. The number of hydrogen-bond donors (Lipinski definition) is 0. The number of hydrogen-bond acceptors (Lipinski definition) is 3. The van der Waals surface area contributed by atoms with Gasteiger partial charge in [0.1, 0.15) is 10.3 Å². The molecule has 5 heteroatoms. The largest absolute Gasteiger partial charge is 0.292 e. The monoisotopic (exact) mass is 312 g/mol. The first-order valence-corrected chi connectivity index (χ1v) is 7.89. The Morgan fingerprint density at radius 3 is 2.84 bits per heavy atom. The zero-order valence-corrected chi connectivity index (χ0v) is 12.9. The summed E-state index contributed by atoms with van der Waals surface area (Å²) in [4.78, 5) is 7.97. The molecule has 0 bridgehead atoms. The van der Waals surface area contributed by atoms with Crippen LogP contribution in [0, 0.1) is 0 Å². The number of halogens is 2. The predicted octanol–water partition coefficient (Wildman–Crippen LogP) is 4.57. The van der Waals surface area contributed by atoms with Gasteiger partial charge in [0.15, 0.2) is 0 Å². The summed E-state index contributed by atoms with van der Waals surface area (Å²) in [5.41, 5.74) is 2.58. The summed E-state index contributed by atoms with van der Waals surface area (Å²) >= 11 is 13.8. The molecule has 1 unspecified atom stereocenters. The summed E-state index contributed by atoms with van der Waals surface area (Å²) in [7, 11) is 0. The molecule has 2 aromatic rings.